The van der Waals surface area contributed by atoms with E-state index in [-0.39, 0.29) is 40.3 Å². The number of H-pyrrole nitrogens is 1. The Balaban J connectivity index is 1.53. The monoisotopic (exact) mass is 658 g/mol. The molecule has 17 heteroatoms. The Morgan fingerprint density at radius 2 is 1.70 bits per heavy atom. The molecule has 5 rings (SSSR count). The molecule has 2 atom stereocenters. The number of likely N-dealkylation sites (tertiary alicyclic amines) is 1. The summed E-state index contributed by atoms with van der Waals surface area (Å²) in [6, 6.07) is 2.26. The van der Waals surface area contributed by atoms with Gasteiger partial charge in [-0.1, -0.05) is 0 Å². The van der Waals surface area contributed by atoms with Crippen molar-refractivity contribution < 1.29 is 52.1 Å². The first-order chi connectivity index (χ1) is 20.5. The number of hydrogen-bond acceptors (Lipinski definition) is 6. The number of rotatable bonds is 9. The zero-order valence-corrected chi connectivity index (χ0v) is 23.8. The fraction of sp³-hybridized carbons (Fsp3) is 0.481. The molecule has 2 unspecified atom stereocenters. The second-order valence-electron chi connectivity index (χ2n) is 10.9. The largest absolute Gasteiger partial charge is 0.534 e. The van der Waals surface area contributed by atoms with Gasteiger partial charge in [0.15, 0.2) is 0 Å². The maximum absolute atomic E-state index is 15.7. The summed E-state index contributed by atoms with van der Waals surface area (Å²) in [6.07, 6.45) is -4.51. The second kappa shape index (κ2) is 11.6. The predicted molar refractivity (Wildman–Crippen MR) is 142 cm³/mol. The van der Waals surface area contributed by atoms with Crippen LogP contribution in [0.2, 0.25) is 0 Å². The molecule has 1 aromatic heterocycles. The van der Waals surface area contributed by atoms with Crippen molar-refractivity contribution >= 4 is 26.7 Å². The average Bonchev–Trinajstić information content (AvgIpc) is 3.22. The number of halogens is 9. The first kappa shape index (κ1) is 32.2. The second-order valence-corrected chi connectivity index (χ2v) is 12.5. The van der Waals surface area contributed by atoms with Crippen molar-refractivity contribution in [1.29, 1.82) is 0 Å². The molecule has 0 aliphatic carbocycles. The van der Waals surface area contributed by atoms with Crippen LogP contribution >= 0.6 is 0 Å². The van der Waals surface area contributed by atoms with Gasteiger partial charge in [-0.2, -0.15) is 34.8 Å². The lowest BCUT2D eigenvalue weighted by Crippen LogP contribution is -2.54. The fourth-order valence-corrected chi connectivity index (χ4v) is 6.27. The van der Waals surface area contributed by atoms with Gasteiger partial charge in [-0.15, -0.1) is 0 Å². The van der Waals surface area contributed by atoms with E-state index in [1.54, 1.807) is 0 Å². The van der Waals surface area contributed by atoms with Crippen LogP contribution in [0.25, 0.3) is 10.9 Å². The van der Waals surface area contributed by atoms with E-state index in [9.17, 15) is 39.2 Å². The minimum absolute atomic E-state index is 0.0285. The molecule has 2 N–H and O–H groups in total. The van der Waals surface area contributed by atoms with Crippen LogP contribution in [0.5, 0.6) is 5.75 Å². The molecule has 3 heterocycles. The summed E-state index contributed by atoms with van der Waals surface area (Å²) >= 11 is 0. The van der Waals surface area contributed by atoms with Crippen LogP contribution in [0, 0.1) is 11.6 Å². The normalized spacial score (nSPS) is 20.5. The molecule has 1 fully saturated rings. The predicted octanol–water partition coefficient (Wildman–Crippen LogP) is 6.03. The van der Waals surface area contributed by atoms with E-state index in [0.29, 0.717) is 26.1 Å². The molecule has 2 aromatic carbocycles. The number of aromatic nitrogens is 1. The smallest absolute Gasteiger partial charge is 0.380 e. The topological polar surface area (TPSA) is 77.7 Å². The first-order valence-electron chi connectivity index (χ1n) is 13.5. The van der Waals surface area contributed by atoms with Crippen molar-refractivity contribution in [1.82, 2.24) is 14.8 Å². The van der Waals surface area contributed by atoms with Crippen LogP contribution < -0.4 is 9.50 Å². The minimum Gasteiger partial charge on any atom is -0.380 e. The molecule has 0 spiro atoms. The lowest BCUT2D eigenvalue weighted by Gasteiger charge is -2.41. The SMILES string of the molecule is CC1Cc2c([nH]c3ccc(OS(=O)(=O)C(F)(F)F)cc23)C(c2c(F)cc(NC3CN(CCCF)C3)cc2F)N1CC(F)(F)F. The third kappa shape index (κ3) is 6.44. The molecular formula is C27H27F9N4O3S. The lowest BCUT2D eigenvalue weighted by atomic mass is 9.88. The zero-order chi connectivity index (χ0) is 32.2. The summed E-state index contributed by atoms with van der Waals surface area (Å²) < 4.78 is 151. The number of nitrogens with one attached hydrogen (secondary N) is 2. The van der Waals surface area contributed by atoms with Crippen LogP contribution in [-0.4, -0.2) is 79.8 Å². The van der Waals surface area contributed by atoms with Crippen LogP contribution in [0.4, 0.5) is 45.2 Å². The Morgan fingerprint density at radius 3 is 2.30 bits per heavy atom. The average molecular weight is 659 g/mol. The Morgan fingerprint density at radius 1 is 1.05 bits per heavy atom. The van der Waals surface area contributed by atoms with E-state index in [0.717, 1.165) is 29.2 Å². The minimum atomic E-state index is -6.01. The summed E-state index contributed by atoms with van der Waals surface area (Å²) in [6.45, 7) is 0.972. The van der Waals surface area contributed by atoms with Gasteiger partial charge in [0.1, 0.15) is 17.4 Å². The zero-order valence-electron chi connectivity index (χ0n) is 23.0. The molecule has 242 valence electrons. The van der Waals surface area contributed by atoms with Crippen LogP contribution in [0.15, 0.2) is 30.3 Å². The molecule has 1 saturated heterocycles. The number of hydrogen-bond donors (Lipinski definition) is 2. The molecular weight excluding hydrogens is 631 g/mol. The van der Waals surface area contributed by atoms with Gasteiger partial charge >= 0.3 is 21.8 Å². The van der Waals surface area contributed by atoms with Crippen LogP contribution in [0.1, 0.15) is 36.2 Å². The molecule has 7 nitrogen and oxygen atoms in total. The maximum atomic E-state index is 15.7. The molecule has 0 radical (unpaired) electrons. The molecule has 0 amide bonds. The lowest BCUT2D eigenvalue weighted by molar-refractivity contribution is -0.155. The number of nitrogens with zero attached hydrogens (tertiary/aromatic N) is 2. The number of anilines is 1. The standard InChI is InChI=1S/C27H27F9N4O3S/c1-14-7-19-18-10-17(43-44(41,42)27(34,35)36)3-4-22(18)38-24(19)25(40(14)13-26(31,32)33)23-20(29)8-15(9-21(23)30)37-16-11-39(12-16)6-2-5-28/h3-4,8-10,14,16,25,37-38H,2,5-7,11-13H2,1H3. The Hall–Kier alpha value is -3.18. The van der Waals surface area contributed by atoms with Gasteiger partial charge in [-0.05, 0) is 55.7 Å². The Labute approximate surface area is 246 Å². The summed E-state index contributed by atoms with van der Waals surface area (Å²) in [5.74, 6) is -2.96. The maximum Gasteiger partial charge on any atom is 0.534 e. The summed E-state index contributed by atoms with van der Waals surface area (Å²) in [5, 5.41) is 3.10. The summed E-state index contributed by atoms with van der Waals surface area (Å²) in [7, 11) is -6.01. The van der Waals surface area contributed by atoms with Crippen molar-refractivity contribution in [2.75, 3.05) is 38.2 Å². The molecule has 0 bridgehead atoms. The number of benzene rings is 2. The van der Waals surface area contributed by atoms with Crippen LogP contribution in [-0.2, 0) is 16.5 Å². The molecule has 3 aromatic rings. The van der Waals surface area contributed by atoms with Gasteiger partial charge < -0.3 is 14.5 Å². The van der Waals surface area contributed by atoms with Gasteiger partial charge in [0, 0.05) is 53.5 Å². The van der Waals surface area contributed by atoms with Gasteiger partial charge in [-0.25, -0.2) is 8.78 Å². The third-order valence-electron chi connectivity index (χ3n) is 7.72. The highest BCUT2D eigenvalue weighted by Crippen LogP contribution is 2.45. The van der Waals surface area contributed by atoms with E-state index in [4.69, 9.17) is 0 Å². The van der Waals surface area contributed by atoms with Crippen molar-refractivity contribution in [3.8, 4) is 5.75 Å². The Kier molecular flexibility index (Phi) is 8.52. The van der Waals surface area contributed by atoms with E-state index < -0.39 is 70.1 Å². The van der Waals surface area contributed by atoms with E-state index in [2.05, 4.69) is 14.5 Å². The number of alkyl halides is 7. The Bertz CT molecular complexity index is 1610. The van der Waals surface area contributed by atoms with Crippen LogP contribution in [0.3, 0.4) is 0 Å². The van der Waals surface area contributed by atoms with Crippen molar-refractivity contribution in [2.45, 2.75) is 49.6 Å². The van der Waals surface area contributed by atoms with E-state index in [1.807, 2.05) is 4.90 Å². The molecule has 2 aliphatic heterocycles. The number of fused-ring (bicyclic) bond motifs is 3. The fourth-order valence-electron chi connectivity index (χ4n) is 5.82. The van der Waals surface area contributed by atoms with Gasteiger partial charge in [-0.3, -0.25) is 14.2 Å². The van der Waals surface area contributed by atoms with Gasteiger partial charge in [0.05, 0.1) is 25.3 Å². The van der Waals surface area contributed by atoms with Gasteiger partial charge in [0.25, 0.3) is 0 Å². The van der Waals surface area contributed by atoms with Crippen molar-refractivity contribution in [2.24, 2.45) is 0 Å². The van der Waals surface area contributed by atoms with E-state index >= 15 is 8.78 Å². The third-order valence-corrected chi connectivity index (χ3v) is 8.70. The van der Waals surface area contributed by atoms with Crippen molar-refractivity contribution in [3.63, 3.8) is 0 Å². The highest BCUT2D eigenvalue weighted by molar-refractivity contribution is 7.88. The highest BCUT2D eigenvalue weighted by atomic mass is 32.2. The summed E-state index contributed by atoms with van der Waals surface area (Å²) in [4.78, 5) is 5.67. The quantitative estimate of drug-likeness (QED) is 0.166. The van der Waals surface area contributed by atoms with Gasteiger partial charge in [0.2, 0.25) is 0 Å². The number of aromatic amines is 1. The first-order valence-corrected chi connectivity index (χ1v) is 14.9. The summed E-state index contributed by atoms with van der Waals surface area (Å²) in [5.41, 5.74) is -5.92. The molecule has 44 heavy (non-hydrogen) atoms. The molecule has 0 saturated carbocycles. The van der Waals surface area contributed by atoms with E-state index in [1.165, 1.54) is 13.0 Å². The highest BCUT2D eigenvalue weighted by Gasteiger charge is 2.49. The van der Waals surface area contributed by atoms with Crippen molar-refractivity contribution in [3.05, 3.63) is 58.8 Å². The molecule has 2 aliphatic rings.